The third-order valence-electron chi connectivity index (χ3n) is 6.07. The van der Waals surface area contributed by atoms with E-state index in [2.05, 4.69) is 102 Å². The molecule has 0 aromatic heterocycles. The summed E-state index contributed by atoms with van der Waals surface area (Å²) < 4.78 is 4.10. The van der Waals surface area contributed by atoms with Gasteiger partial charge in [0.15, 0.2) is 0 Å². The summed E-state index contributed by atoms with van der Waals surface area (Å²) in [4.78, 5) is 0. The molecular formula is C26H30Cl2Zr. The Labute approximate surface area is 196 Å². The molecule has 0 saturated carbocycles. The molecule has 152 valence electrons. The Morgan fingerprint density at radius 3 is 1.72 bits per heavy atom. The second-order valence-electron chi connectivity index (χ2n) is 9.28. The van der Waals surface area contributed by atoms with Crippen LogP contribution in [0.25, 0.3) is 11.1 Å². The van der Waals surface area contributed by atoms with Gasteiger partial charge in [0.25, 0.3) is 0 Å². The minimum absolute atomic E-state index is 0. The number of allylic oxidation sites excluding steroid dienone is 4. The number of fused-ring (bicyclic) bond motifs is 3. The Balaban J connectivity index is 0.00000150. The van der Waals surface area contributed by atoms with Gasteiger partial charge in [0.05, 0.1) is 0 Å². The quantitative estimate of drug-likeness (QED) is 0.575. The van der Waals surface area contributed by atoms with Crippen LogP contribution < -0.4 is 24.8 Å². The van der Waals surface area contributed by atoms with E-state index in [1.54, 1.807) is 17.6 Å². The van der Waals surface area contributed by atoms with Crippen LogP contribution in [0.5, 0.6) is 0 Å². The maximum atomic E-state index is 2.59. The van der Waals surface area contributed by atoms with Crippen molar-refractivity contribution in [2.24, 2.45) is 11.3 Å². The van der Waals surface area contributed by atoms with E-state index in [1.165, 1.54) is 16.7 Å². The molecule has 2 aliphatic rings. The summed E-state index contributed by atoms with van der Waals surface area (Å²) in [5.74, 6) is 0.587. The molecule has 0 saturated heterocycles. The van der Waals surface area contributed by atoms with Gasteiger partial charge in [0, 0.05) is 0 Å². The van der Waals surface area contributed by atoms with E-state index in [0.717, 1.165) is 0 Å². The molecule has 1 atom stereocenters. The predicted molar refractivity (Wildman–Crippen MR) is 115 cm³/mol. The summed E-state index contributed by atoms with van der Waals surface area (Å²) in [6, 6.07) is 18.3. The molecule has 0 nitrogen and oxygen atoms in total. The molecule has 29 heavy (non-hydrogen) atoms. The van der Waals surface area contributed by atoms with Crippen molar-refractivity contribution in [3.05, 3.63) is 80.7 Å². The van der Waals surface area contributed by atoms with Crippen LogP contribution in [0.3, 0.4) is 0 Å². The fourth-order valence-corrected chi connectivity index (χ4v) is 13.3. The van der Waals surface area contributed by atoms with Crippen molar-refractivity contribution in [3.8, 4) is 11.1 Å². The van der Waals surface area contributed by atoms with Gasteiger partial charge in [-0.3, -0.25) is 0 Å². The van der Waals surface area contributed by atoms with Gasteiger partial charge in [-0.05, 0) is 0 Å². The molecule has 0 aliphatic heterocycles. The van der Waals surface area contributed by atoms with Crippen LogP contribution in [0.15, 0.2) is 69.5 Å². The molecule has 4 rings (SSSR count). The van der Waals surface area contributed by atoms with Crippen molar-refractivity contribution in [3.63, 3.8) is 0 Å². The second-order valence-corrected chi connectivity index (χ2v) is 16.6. The summed E-state index contributed by atoms with van der Waals surface area (Å²) >= 11 is -2.07. The molecule has 3 heteroatoms. The van der Waals surface area contributed by atoms with E-state index in [1.807, 2.05) is 0 Å². The molecule has 0 radical (unpaired) electrons. The zero-order valence-corrected chi connectivity index (χ0v) is 22.2. The van der Waals surface area contributed by atoms with E-state index in [4.69, 9.17) is 0 Å². The van der Waals surface area contributed by atoms with E-state index >= 15 is 0 Å². The summed E-state index contributed by atoms with van der Waals surface area (Å²) in [6.45, 7) is 14.3. The molecule has 0 spiro atoms. The van der Waals surface area contributed by atoms with E-state index in [9.17, 15) is 0 Å². The molecule has 0 bridgehead atoms. The summed E-state index contributed by atoms with van der Waals surface area (Å²) in [6.07, 6.45) is 5.13. The van der Waals surface area contributed by atoms with Crippen LogP contribution in [0.2, 0.25) is 0 Å². The zero-order valence-electron chi connectivity index (χ0n) is 18.2. The van der Waals surface area contributed by atoms with Gasteiger partial charge in [-0.15, -0.1) is 0 Å². The maximum Gasteiger partial charge on any atom is -1.00 e. The summed E-state index contributed by atoms with van der Waals surface area (Å²) in [7, 11) is 0. The Kier molecular flexibility index (Phi) is 7.76. The largest absolute Gasteiger partial charge is 1.00 e. The average molecular weight is 505 g/mol. The molecule has 0 N–H and O–H groups in total. The third kappa shape index (κ3) is 4.34. The van der Waals surface area contributed by atoms with Crippen LogP contribution in [0.1, 0.15) is 56.3 Å². The van der Waals surface area contributed by atoms with Crippen molar-refractivity contribution >= 4 is 3.21 Å². The molecule has 1 unspecified atom stereocenters. The normalized spacial score (nSPS) is 17.1. The number of halogens is 2. The Hall–Kier alpha value is -0.747. The summed E-state index contributed by atoms with van der Waals surface area (Å²) in [5.41, 5.74) is 7.85. The van der Waals surface area contributed by atoms with Gasteiger partial charge in [-0.2, -0.15) is 0 Å². The van der Waals surface area contributed by atoms with Gasteiger partial charge in [-0.25, -0.2) is 0 Å². The molecule has 2 aromatic carbocycles. The van der Waals surface area contributed by atoms with E-state index in [0.29, 0.717) is 9.54 Å². The van der Waals surface area contributed by atoms with Gasteiger partial charge in [0.1, 0.15) is 0 Å². The Morgan fingerprint density at radius 2 is 1.31 bits per heavy atom. The van der Waals surface area contributed by atoms with Gasteiger partial charge in [0.2, 0.25) is 0 Å². The van der Waals surface area contributed by atoms with Crippen molar-refractivity contribution in [2.75, 3.05) is 0 Å². The van der Waals surface area contributed by atoms with Crippen molar-refractivity contribution in [2.45, 2.75) is 45.2 Å². The van der Waals surface area contributed by atoms with Crippen molar-refractivity contribution in [1.82, 2.24) is 0 Å². The minimum Gasteiger partial charge on any atom is -1.00 e. The first-order chi connectivity index (χ1) is 12.8. The van der Waals surface area contributed by atoms with Crippen LogP contribution in [0, 0.1) is 11.3 Å². The van der Waals surface area contributed by atoms with E-state index < -0.39 is 21.3 Å². The van der Waals surface area contributed by atoms with Crippen LogP contribution in [0.4, 0.5) is 0 Å². The fourth-order valence-electron chi connectivity index (χ4n) is 4.71. The number of hydrogen-bond donors (Lipinski definition) is 0. The van der Waals surface area contributed by atoms with Gasteiger partial charge < -0.3 is 24.8 Å². The zero-order chi connectivity index (χ0) is 19.3. The number of rotatable bonds is 2. The standard InChI is InChI=1S/C13H9.C10H15.C3H6.2ClH.Zr/c1-3-7-12-10(5-1)9-11-6-2-4-8-13(11)12;1-8-5-6-9(7-8)10(2,3)4;1-3-2;;;/h1-9H;6-8H,1-4H3;1-2H3;2*1H;/q;;;;;+2/p-2. The first-order valence-electron chi connectivity index (χ1n) is 10.1. The van der Waals surface area contributed by atoms with Crippen LogP contribution >= 0.6 is 0 Å². The Morgan fingerprint density at radius 1 is 0.828 bits per heavy atom. The monoisotopic (exact) mass is 502 g/mol. The van der Waals surface area contributed by atoms with Crippen LogP contribution in [-0.2, 0) is 21.3 Å². The molecule has 0 heterocycles. The Bertz CT molecular complexity index is 956. The molecule has 2 aliphatic carbocycles. The first kappa shape index (κ1) is 24.5. The average Bonchev–Trinajstić information content (AvgIpc) is 3.15. The molecule has 2 aromatic rings. The SMILES string of the molecule is C[C](C)=[Zr+2]([C]1=CC(C(C)(C)C)=CC1C)[CH]1c2ccccc2-c2ccccc21.[Cl-].[Cl-]. The molecule has 0 amide bonds. The predicted octanol–water partition coefficient (Wildman–Crippen LogP) is 1.10. The smallest absolute Gasteiger partial charge is 1.00 e. The summed E-state index contributed by atoms with van der Waals surface area (Å²) in [5, 5.41) is 0. The number of hydrogen-bond acceptors (Lipinski definition) is 0. The topological polar surface area (TPSA) is 0 Å². The number of benzene rings is 2. The minimum atomic E-state index is -2.07. The molecule has 0 fully saturated rings. The maximum absolute atomic E-state index is 2.59. The molecular weight excluding hydrogens is 474 g/mol. The van der Waals surface area contributed by atoms with Crippen LogP contribution in [-0.4, -0.2) is 3.21 Å². The fraction of sp³-hybridized carbons (Fsp3) is 0.346. The van der Waals surface area contributed by atoms with Gasteiger partial charge >= 0.3 is 173 Å². The van der Waals surface area contributed by atoms with Crippen molar-refractivity contribution in [1.29, 1.82) is 0 Å². The van der Waals surface area contributed by atoms with E-state index in [-0.39, 0.29) is 30.2 Å². The second kappa shape index (κ2) is 9.17. The first-order valence-corrected chi connectivity index (χ1v) is 14.0. The van der Waals surface area contributed by atoms with Crippen molar-refractivity contribution < 1.29 is 46.1 Å². The third-order valence-corrected chi connectivity index (χ3v) is 14.7. The van der Waals surface area contributed by atoms with Gasteiger partial charge in [-0.1, -0.05) is 0 Å².